The van der Waals surface area contributed by atoms with Crippen LogP contribution >= 0.6 is 27.3 Å². The minimum Gasteiger partial charge on any atom is -0.493 e. The molecular weight excluding hydrogens is 342 g/mol. The molecule has 1 N–H and O–H groups in total. The van der Waals surface area contributed by atoms with E-state index in [4.69, 9.17) is 14.7 Å². The summed E-state index contributed by atoms with van der Waals surface area (Å²) >= 11 is 5.04. The molecule has 4 nitrogen and oxygen atoms in total. The summed E-state index contributed by atoms with van der Waals surface area (Å²) in [5.74, 6) is 1.27. The lowest BCUT2D eigenvalue weighted by Gasteiger charge is -2.11. The van der Waals surface area contributed by atoms with Gasteiger partial charge in [-0.25, -0.2) is 0 Å². The molecule has 6 heteroatoms. The fourth-order valence-corrected chi connectivity index (χ4v) is 3.01. The normalized spacial score (nSPS) is 11.4. The molecule has 0 atom stereocenters. The Morgan fingerprint density at radius 1 is 1.35 bits per heavy atom. The highest BCUT2D eigenvalue weighted by atomic mass is 79.9. The fourth-order valence-electron chi connectivity index (χ4n) is 1.65. The van der Waals surface area contributed by atoms with Gasteiger partial charge in [0.15, 0.2) is 11.5 Å². The van der Waals surface area contributed by atoms with Crippen LogP contribution in [0, 0.1) is 0 Å². The van der Waals surface area contributed by atoms with Gasteiger partial charge >= 0.3 is 0 Å². The highest BCUT2D eigenvalue weighted by molar-refractivity contribution is 9.10. The Morgan fingerprint density at radius 2 is 2.15 bits per heavy atom. The minimum absolute atomic E-state index is 0.485. The molecule has 1 aromatic carbocycles. The van der Waals surface area contributed by atoms with Crippen LogP contribution in [0.4, 0.5) is 0 Å². The summed E-state index contributed by atoms with van der Waals surface area (Å²) in [6.45, 7) is 2.21. The zero-order valence-electron chi connectivity index (χ0n) is 11.1. The number of thiophene rings is 1. The van der Waals surface area contributed by atoms with Crippen molar-refractivity contribution in [3.8, 4) is 11.5 Å². The van der Waals surface area contributed by atoms with E-state index in [1.165, 1.54) is 0 Å². The van der Waals surface area contributed by atoms with Gasteiger partial charge in [0.1, 0.15) is 6.61 Å². The number of nitrogens with zero attached hydrogens (tertiary/aromatic N) is 1. The van der Waals surface area contributed by atoms with Crippen LogP contribution in [0.15, 0.2) is 39.3 Å². The number of ether oxygens (including phenoxy) is 2. The Morgan fingerprint density at radius 3 is 2.75 bits per heavy atom. The second kappa shape index (κ2) is 6.76. The van der Waals surface area contributed by atoms with Crippen molar-refractivity contribution in [3.63, 3.8) is 0 Å². The van der Waals surface area contributed by atoms with E-state index in [1.54, 1.807) is 31.4 Å². The van der Waals surface area contributed by atoms with E-state index < -0.39 is 0 Å². The first-order valence-corrected chi connectivity index (χ1v) is 7.54. The zero-order valence-corrected chi connectivity index (χ0v) is 13.5. The lowest BCUT2D eigenvalue weighted by Crippen LogP contribution is -1.99. The van der Waals surface area contributed by atoms with Crippen LogP contribution in [0.5, 0.6) is 11.5 Å². The lowest BCUT2D eigenvalue weighted by molar-refractivity contribution is 0.287. The van der Waals surface area contributed by atoms with Crippen LogP contribution in [0.2, 0.25) is 0 Å². The molecule has 1 aromatic heterocycles. The SMILES string of the molecule is COc1cc(C(C)=NO)ccc1OCc1cc(Br)cs1. The minimum atomic E-state index is 0.485. The third-order valence-corrected chi connectivity index (χ3v) is 4.39. The highest BCUT2D eigenvalue weighted by Crippen LogP contribution is 2.30. The van der Waals surface area contributed by atoms with Gasteiger partial charge in [-0.1, -0.05) is 5.16 Å². The molecule has 0 bridgehead atoms. The van der Waals surface area contributed by atoms with Crippen LogP contribution in [-0.4, -0.2) is 18.0 Å². The molecule has 0 saturated carbocycles. The summed E-state index contributed by atoms with van der Waals surface area (Å²) in [5.41, 5.74) is 1.31. The maximum Gasteiger partial charge on any atom is 0.161 e. The van der Waals surface area contributed by atoms with Crippen molar-refractivity contribution in [1.29, 1.82) is 0 Å². The predicted molar refractivity (Wildman–Crippen MR) is 83.3 cm³/mol. The lowest BCUT2D eigenvalue weighted by atomic mass is 10.1. The number of halogens is 1. The first-order chi connectivity index (χ1) is 9.63. The molecule has 0 fully saturated rings. The topological polar surface area (TPSA) is 51.0 Å². The molecule has 0 aliphatic rings. The molecular formula is C14H14BrNO3S. The number of hydrogen-bond donors (Lipinski definition) is 1. The van der Waals surface area contributed by atoms with Gasteiger partial charge in [0.25, 0.3) is 0 Å². The smallest absolute Gasteiger partial charge is 0.161 e. The molecule has 0 radical (unpaired) electrons. The number of oxime groups is 1. The summed E-state index contributed by atoms with van der Waals surface area (Å²) in [7, 11) is 1.58. The second-order valence-electron chi connectivity index (χ2n) is 4.07. The Balaban J connectivity index is 2.15. The fraction of sp³-hybridized carbons (Fsp3) is 0.214. The summed E-state index contributed by atoms with van der Waals surface area (Å²) in [4.78, 5) is 1.12. The first-order valence-electron chi connectivity index (χ1n) is 5.87. The van der Waals surface area contributed by atoms with Crippen molar-refractivity contribution in [3.05, 3.63) is 44.6 Å². The van der Waals surface area contributed by atoms with Gasteiger partial charge in [-0.05, 0) is 47.1 Å². The van der Waals surface area contributed by atoms with Gasteiger partial charge in [0.2, 0.25) is 0 Å². The van der Waals surface area contributed by atoms with Crippen molar-refractivity contribution in [2.24, 2.45) is 5.16 Å². The molecule has 1 heterocycles. The van der Waals surface area contributed by atoms with Crippen LogP contribution in [0.25, 0.3) is 0 Å². The molecule has 0 aliphatic carbocycles. The molecule has 0 amide bonds. The Labute approximate surface area is 129 Å². The molecule has 0 saturated heterocycles. The van der Waals surface area contributed by atoms with Gasteiger partial charge in [0.05, 0.1) is 12.8 Å². The van der Waals surface area contributed by atoms with E-state index in [2.05, 4.69) is 21.1 Å². The number of rotatable bonds is 5. The van der Waals surface area contributed by atoms with Gasteiger partial charge in [-0.15, -0.1) is 11.3 Å². The third-order valence-electron chi connectivity index (χ3n) is 2.72. The maximum atomic E-state index is 8.79. The van der Waals surface area contributed by atoms with Crippen LogP contribution in [0.3, 0.4) is 0 Å². The number of benzene rings is 1. The zero-order chi connectivity index (χ0) is 14.5. The van der Waals surface area contributed by atoms with E-state index in [-0.39, 0.29) is 0 Å². The number of methoxy groups -OCH3 is 1. The van der Waals surface area contributed by atoms with Crippen LogP contribution < -0.4 is 9.47 Å². The molecule has 0 aliphatic heterocycles. The van der Waals surface area contributed by atoms with Gasteiger partial charge in [0, 0.05) is 20.3 Å². The maximum absolute atomic E-state index is 8.79. The molecule has 106 valence electrons. The largest absolute Gasteiger partial charge is 0.493 e. The van der Waals surface area contributed by atoms with Crippen molar-refractivity contribution in [1.82, 2.24) is 0 Å². The van der Waals surface area contributed by atoms with Crippen molar-refractivity contribution in [2.75, 3.05) is 7.11 Å². The second-order valence-corrected chi connectivity index (χ2v) is 5.98. The van der Waals surface area contributed by atoms with Crippen molar-refractivity contribution >= 4 is 33.0 Å². The average Bonchev–Trinajstić information content (AvgIpc) is 2.89. The van der Waals surface area contributed by atoms with Crippen LogP contribution in [-0.2, 0) is 6.61 Å². The molecule has 20 heavy (non-hydrogen) atoms. The Kier molecular flexibility index (Phi) is 5.03. The summed E-state index contributed by atoms with van der Waals surface area (Å²) < 4.78 is 12.1. The molecule has 0 spiro atoms. The number of hydrogen-bond acceptors (Lipinski definition) is 5. The summed E-state index contributed by atoms with van der Waals surface area (Å²) in [5, 5.41) is 14.0. The third kappa shape index (κ3) is 3.52. The average molecular weight is 356 g/mol. The molecule has 2 aromatic rings. The summed E-state index contributed by atoms with van der Waals surface area (Å²) in [6, 6.07) is 7.45. The van der Waals surface area contributed by atoms with E-state index in [9.17, 15) is 0 Å². The molecule has 2 rings (SSSR count). The van der Waals surface area contributed by atoms with Gasteiger partial charge in [-0.3, -0.25) is 0 Å². The van der Waals surface area contributed by atoms with E-state index in [0.717, 1.165) is 14.9 Å². The standard InChI is InChI=1S/C14H14BrNO3S/c1-9(16-17)10-3-4-13(14(5-10)18-2)19-7-12-6-11(15)8-20-12/h3-6,8,17H,7H2,1-2H3. The highest BCUT2D eigenvalue weighted by Gasteiger charge is 2.08. The summed E-state index contributed by atoms with van der Waals surface area (Å²) in [6.07, 6.45) is 0. The van der Waals surface area contributed by atoms with Crippen LogP contribution in [0.1, 0.15) is 17.4 Å². The van der Waals surface area contributed by atoms with Crippen molar-refractivity contribution < 1.29 is 14.7 Å². The van der Waals surface area contributed by atoms with E-state index in [0.29, 0.717) is 23.8 Å². The first kappa shape index (κ1) is 14.9. The molecule has 0 unspecified atom stereocenters. The predicted octanol–water partition coefficient (Wildman–Crippen LogP) is 4.30. The Bertz CT molecular complexity index is 625. The van der Waals surface area contributed by atoms with E-state index >= 15 is 0 Å². The quantitative estimate of drug-likeness (QED) is 0.494. The van der Waals surface area contributed by atoms with E-state index in [1.807, 2.05) is 23.6 Å². The van der Waals surface area contributed by atoms with Gasteiger partial charge < -0.3 is 14.7 Å². The monoisotopic (exact) mass is 355 g/mol. The van der Waals surface area contributed by atoms with Gasteiger partial charge in [-0.2, -0.15) is 0 Å². The van der Waals surface area contributed by atoms with Crippen molar-refractivity contribution in [2.45, 2.75) is 13.5 Å². The Hall–Kier alpha value is -1.53.